The molecule has 1 fully saturated rings. The number of likely N-dealkylation sites (tertiary alicyclic amines) is 1. The second kappa shape index (κ2) is 3.88. The summed E-state index contributed by atoms with van der Waals surface area (Å²) in [5.41, 5.74) is 4.99. The van der Waals surface area contributed by atoms with E-state index in [1.165, 1.54) is 0 Å². The van der Waals surface area contributed by atoms with Gasteiger partial charge in [0.15, 0.2) is 0 Å². The summed E-state index contributed by atoms with van der Waals surface area (Å²) in [5, 5.41) is 0. The molecule has 4 heteroatoms. The Morgan fingerprint density at radius 3 is 2.46 bits per heavy atom. The van der Waals surface area contributed by atoms with E-state index in [2.05, 4.69) is 6.92 Å². The number of hydrogen-bond acceptors (Lipinski definition) is 2. The first-order valence-corrected chi connectivity index (χ1v) is 4.76. The van der Waals surface area contributed by atoms with E-state index in [9.17, 15) is 8.78 Å². The molecule has 2 nitrogen and oxygen atoms in total. The predicted molar refractivity (Wildman–Crippen MR) is 48.8 cm³/mol. The number of nitrogens with zero attached hydrogens (tertiary/aromatic N) is 1. The maximum absolute atomic E-state index is 12.9. The van der Waals surface area contributed by atoms with Crippen molar-refractivity contribution < 1.29 is 8.78 Å². The van der Waals surface area contributed by atoms with Gasteiger partial charge in [0.2, 0.25) is 0 Å². The molecule has 0 radical (unpaired) electrons. The molecule has 2 atom stereocenters. The van der Waals surface area contributed by atoms with Crippen LogP contribution in [0.5, 0.6) is 0 Å². The van der Waals surface area contributed by atoms with Crippen LogP contribution in [0.15, 0.2) is 0 Å². The van der Waals surface area contributed by atoms with E-state index in [1.54, 1.807) is 0 Å². The molecule has 0 amide bonds. The molecule has 13 heavy (non-hydrogen) atoms. The highest BCUT2D eigenvalue weighted by atomic mass is 19.3. The molecule has 0 aromatic carbocycles. The molecule has 1 aliphatic heterocycles. The van der Waals surface area contributed by atoms with Crippen molar-refractivity contribution in [1.82, 2.24) is 4.90 Å². The molecule has 0 aliphatic carbocycles. The zero-order chi connectivity index (χ0) is 10.1. The van der Waals surface area contributed by atoms with Crippen LogP contribution >= 0.6 is 0 Å². The van der Waals surface area contributed by atoms with Crippen molar-refractivity contribution >= 4 is 0 Å². The minimum Gasteiger partial charge on any atom is -0.325 e. The van der Waals surface area contributed by atoms with E-state index >= 15 is 0 Å². The summed E-state index contributed by atoms with van der Waals surface area (Å²) in [5.74, 6) is -2.19. The van der Waals surface area contributed by atoms with E-state index in [1.807, 2.05) is 11.8 Å². The quantitative estimate of drug-likeness (QED) is 0.730. The molecule has 1 aliphatic rings. The van der Waals surface area contributed by atoms with E-state index in [0.717, 1.165) is 13.0 Å². The number of alkyl halides is 2. The van der Waals surface area contributed by atoms with Crippen LogP contribution in [0, 0.1) is 5.92 Å². The molecule has 78 valence electrons. The standard InChI is InChI=1S/C9H18F2N2/c1-7-3-8(2)13(4-7)6-9(10,11)5-12/h7-8H,3-6,12H2,1-2H3. The summed E-state index contributed by atoms with van der Waals surface area (Å²) in [6, 6.07) is 0.271. The zero-order valence-corrected chi connectivity index (χ0v) is 8.26. The van der Waals surface area contributed by atoms with Crippen molar-refractivity contribution in [2.75, 3.05) is 19.6 Å². The van der Waals surface area contributed by atoms with Crippen molar-refractivity contribution in [1.29, 1.82) is 0 Å². The Kier molecular flexibility index (Phi) is 3.24. The normalized spacial score (nSPS) is 31.2. The van der Waals surface area contributed by atoms with Gasteiger partial charge in [-0.2, -0.15) is 0 Å². The summed E-state index contributed by atoms with van der Waals surface area (Å²) in [4.78, 5) is 1.83. The molecule has 0 aromatic heterocycles. The average Bonchev–Trinajstić information content (AvgIpc) is 2.30. The topological polar surface area (TPSA) is 29.3 Å². The molecule has 0 saturated carbocycles. The first-order chi connectivity index (χ1) is 5.94. The summed E-state index contributed by atoms with van der Waals surface area (Å²) in [6.07, 6.45) is 1.01. The fraction of sp³-hybridized carbons (Fsp3) is 1.00. The summed E-state index contributed by atoms with van der Waals surface area (Å²) in [6.45, 7) is 4.13. The highest BCUT2D eigenvalue weighted by Crippen LogP contribution is 2.25. The van der Waals surface area contributed by atoms with E-state index in [4.69, 9.17) is 5.73 Å². The third-order valence-corrected chi connectivity index (χ3v) is 2.65. The van der Waals surface area contributed by atoms with Crippen LogP contribution in [0.4, 0.5) is 8.78 Å². The maximum atomic E-state index is 12.9. The third kappa shape index (κ3) is 2.88. The van der Waals surface area contributed by atoms with Crippen molar-refractivity contribution in [2.24, 2.45) is 11.7 Å². The largest absolute Gasteiger partial charge is 0.325 e. The van der Waals surface area contributed by atoms with Gasteiger partial charge in [-0.15, -0.1) is 0 Å². The molecule has 1 saturated heterocycles. The number of halogens is 2. The van der Waals surface area contributed by atoms with Gasteiger partial charge in [-0.1, -0.05) is 6.92 Å². The molecular formula is C9H18F2N2. The molecule has 2 N–H and O–H groups in total. The summed E-state index contributed by atoms with van der Waals surface area (Å²) >= 11 is 0. The Morgan fingerprint density at radius 1 is 1.46 bits per heavy atom. The van der Waals surface area contributed by atoms with Crippen LogP contribution in [0.25, 0.3) is 0 Å². The Hall–Kier alpha value is -0.220. The lowest BCUT2D eigenvalue weighted by molar-refractivity contribution is -0.0256. The number of nitrogens with two attached hydrogens (primary N) is 1. The smallest absolute Gasteiger partial charge is 0.272 e. The predicted octanol–water partition coefficient (Wildman–Crippen LogP) is 1.31. The number of rotatable bonds is 3. The minimum absolute atomic E-state index is 0.186. The lowest BCUT2D eigenvalue weighted by Gasteiger charge is -2.25. The summed E-state index contributed by atoms with van der Waals surface area (Å²) < 4.78 is 25.9. The third-order valence-electron chi connectivity index (χ3n) is 2.65. The first kappa shape index (κ1) is 10.9. The van der Waals surface area contributed by atoms with Gasteiger partial charge < -0.3 is 5.73 Å². The SMILES string of the molecule is CC1CC(C)N(CC(F)(F)CN)C1. The van der Waals surface area contributed by atoms with Gasteiger partial charge in [0.25, 0.3) is 5.92 Å². The van der Waals surface area contributed by atoms with Crippen LogP contribution in [-0.4, -0.2) is 36.5 Å². The fourth-order valence-corrected chi connectivity index (χ4v) is 1.97. The Balaban J connectivity index is 2.45. The first-order valence-electron chi connectivity index (χ1n) is 4.76. The van der Waals surface area contributed by atoms with Gasteiger partial charge in [0, 0.05) is 12.6 Å². The van der Waals surface area contributed by atoms with Crippen LogP contribution in [0.1, 0.15) is 20.3 Å². The maximum Gasteiger partial charge on any atom is 0.272 e. The second-order valence-electron chi connectivity index (χ2n) is 4.18. The van der Waals surface area contributed by atoms with Gasteiger partial charge in [-0.25, -0.2) is 8.78 Å². The number of hydrogen-bond donors (Lipinski definition) is 1. The molecule has 0 spiro atoms. The molecule has 1 heterocycles. The fourth-order valence-electron chi connectivity index (χ4n) is 1.97. The van der Waals surface area contributed by atoms with Crippen molar-refractivity contribution in [3.63, 3.8) is 0 Å². The highest BCUT2D eigenvalue weighted by Gasteiger charge is 2.35. The van der Waals surface area contributed by atoms with Crippen LogP contribution in [0.3, 0.4) is 0 Å². The van der Waals surface area contributed by atoms with E-state index < -0.39 is 12.5 Å². The Labute approximate surface area is 78.1 Å². The van der Waals surface area contributed by atoms with Gasteiger partial charge >= 0.3 is 0 Å². The van der Waals surface area contributed by atoms with E-state index in [0.29, 0.717) is 5.92 Å². The monoisotopic (exact) mass is 192 g/mol. The van der Waals surface area contributed by atoms with Crippen molar-refractivity contribution in [3.05, 3.63) is 0 Å². The lowest BCUT2D eigenvalue weighted by Crippen LogP contribution is -2.43. The Bertz CT molecular complexity index is 173. The molecule has 1 rings (SSSR count). The molecular weight excluding hydrogens is 174 g/mol. The molecule has 0 bridgehead atoms. The van der Waals surface area contributed by atoms with Gasteiger partial charge in [-0.05, 0) is 19.3 Å². The van der Waals surface area contributed by atoms with Crippen molar-refractivity contribution in [2.45, 2.75) is 32.2 Å². The van der Waals surface area contributed by atoms with Crippen LogP contribution in [-0.2, 0) is 0 Å². The molecule has 2 unspecified atom stereocenters. The minimum atomic E-state index is -2.72. The average molecular weight is 192 g/mol. The van der Waals surface area contributed by atoms with E-state index in [-0.39, 0.29) is 12.6 Å². The lowest BCUT2D eigenvalue weighted by atomic mass is 10.1. The van der Waals surface area contributed by atoms with Crippen LogP contribution in [0.2, 0.25) is 0 Å². The second-order valence-corrected chi connectivity index (χ2v) is 4.18. The zero-order valence-electron chi connectivity index (χ0n) is 8.26. The Morgan fingerprint density at radius 2 is 2.08 bits per heavy atom. The van der Waals surface area contributed by atoms with Gasteiger partial charge in [-0.3, -0.25) is 4.90 Å². The van der Waals surface area contributed by atoms with Crippen molar-refractivity contribution in [3.8, 4) is 0 Å². The molecule has 0 aromatic rings. The van der Waals surface area contributed by atoms with Gasteiger partial charge in [0.1, 0.15) is 0 Å². The highest BCUT2D eigenvalue weighted by molar-refractivity contribution is 4.84. The van der Waals surface area contributed by atoms with Gasteiger partial charge in [0.05, 0.1) is 13.1 Å². The summed E-state index contributed by atoms with van der Waals surface area (Å²) in [7, 11) is 0. The van der Waals surface area contributed by atoms with Crippen LogP contribution < -0.4 is 5.73 Å².